The summed E-state index contributed by atoms with van der Waals surface area (Å²) in [6.07, 6.45) is -0.0852. The zero-order valence-corrected chi connectivity index (χ0v) is 13.1. The maximum atomic E-state index is 5.41. The quantitative estimate of drug-likeness (QED) is 0.408. The minimum absolute atomic E-state index is 0.0852. The summed E-state index contributed by atoms with van der Waals surface area (Å²) in [5.74, 6) is 6.74. The summed E-state index contributed by atoms with van der Waals surface area (Å²) < 4.78 is 10.3. The number of ether oxygens (including phenoxy) is 2. The van der Waals surface area contributed by atoms with Gasteiger partial charge in [0.2, 0.25) is 17.8 Å². The number of anilines is 3. The largest absolute Gasteiger partial charge is 0.382 e. The number of hydrogen-bond acceptors (Lipinski definition) is 9. The Balaban J connectivity index is 2.83. The van der Waals surface area contributed by atoms with E-state index in [1.54, 1.807) is 14.2 Å². The third-order valence-corrected chi connectivity index (χ3v) is 2.97. The molecule has 0 aliphatic carbocycles. The van der Waals surface area contributed by atoms with Gasteiger partial charge in [-0.15, -0.1) is 0 Å². The lowest BCUT2D eigenvalue weighted by atomic mass is 10.4. The van der Waals surface area contributed by atoms with E-state index >= 15 is 0 Å². The first-order valence-electron chi connectivity index (χ1n) is 6.91. The number of nitrogens with one attached hydrogen (secondary N) is 2. The standard InChI is InChI=1S/C12H25N7O2/c1-5-19(6-2)12-16-10(15-11(17-12)18-13)14-7-9(21-4)8-20-3/h9H,5-8,13H2,1-4H3,(H2,14,15,16,17,18). The second-order valence-corrected chi connectivity index (χ2v) is 4.29. The fraction of sp³-hybridized carbons (Fsp3) is 0.750. The van der Waals surface area contributed by atoms with Crippen LogP contribution in [0.5, 0.6) is 0 Å². The smallest absolute Gasteiger partial charge is 0.243 e. The van der Waals surface area contributed by atoms with Gasteiger partial charge in [0.25, 0.3) is 0 Å². The van der Waals surface area contributed by atoms with Gasteiger partial charge in [0.05, 0.1) is 12.7 Å². The highest BCUT2D eigenvalue weighted by atomic mass is 16.5. The second kappa shape index (κ2) is 9.27. The molecule has 0 aliphatic rings. The summed E-state index contributed by atoms with van der Waals surface area (Å²) >= 11 is 0. The Labute approximate surface area is 125 Å². The van der Waals surface area contributed by atoms with Crippen molar-refractivity contribution in [1.29, 1.82) is 0 Å². The summed E-state index contributed by atoms with van der Waals surface area (Å²) in [5, 5.41) is 3.11. The van der Waals surface area contributed by atoms with Gasteiger partial charge in [-0.2, -0.15) is 15.0 Å². The molecule has 0 spiro atoms. The lowest BCUT2D eigenvalue weighted by molar-refractivity contribution is 0.0365. The van der Waals surface area contributed by atoms with Gasteiger partial charge in [0.15, 0.2) is 0 Å². The highest BCUT2D eigenvalue weighted by Gasteiger charge is 2.12. The van der Waals surface area contributed by atoms with Crippen LogP contribution in [0.3, 0.4) is 0 Å². The fourth-order valence-corrected chi connectivity index (χ4v) is 1.76. The zero-order valence-electron chi connectivity index (χ0n) is 13.1. The lowest BCUT2D eigenvalue weighted by Crippen LogP contribution is -2.29. The second-order valence-electron chi connectivity index (χ2n) is 4.29. The SMILES string of the molecule is CCN(CC)c1nc(NN)nc(NCC(COC)OC)n1. The average molecular weight is 299 g/mol. The molecule has 0 aliphatic heterocycles. The van der Waals surface area contributed by atoms with Crippen molar-refractivity contribution in [2.24, 2.45) is 5.84 Å². The highest BCUT2D eigenvalue weighted by molar-refractivity contribution is 5.43. The average Bonchev–Trinajstić information content (AvgIpc) is 2.52. The van der Waals surface area contributed by atoms with Crippen molar-refractivity contribution in [2.45, 2.75) is 20.0 Å². The molecule has 9 heteroatoms. The van der Waals surface area contributed by atoms with Crippen LogP contribution in [-0.2, 0) is 9.47 Å². The molecule has 1 heterocycles. The van der Waals surface area contributed by atoms with Crippen molar-refractivity contribution in [2.75, 3.05) is 56.1 Å². The molecule has 1 unspecified atom stereocenters. The molecule has 0 amide bonds. The van der Waals surface area contributed by atoms with Gasteiger partial charge in [-0.1, -0.05) is 0 Å². The van der Waals surface area contributed by atoms with Crippen molar-refractivity contribution in [1.82, 2.24) is 15.0 Å². The topological polar surface area (TPSA) is 110 Å². The molecule has 1 atom stereocenters. The first kappa shape index (κ1) is 17.3. The van der Waals surface area contributed by atoms with Crippen LogP contribution in [0.4, 0.5) is 17.8 Å². The third-order valence-electron chi connectivity index (χ3n) is 2.97. The molecule has 0 bridgehead atoms. The van der Waals surface area contributed by atoms with Gasteiger partial charge in [-0.3, -0.25) is 5.43 Å². The minimum Gasteiger partial charge on any atom is -0.382 e. The summed E-state index contributed by atoms with van der Waals surface area (Å²) in [6.45, 7) is 6.68. The number of rotatable bonds is 10. The van der Waals surface area contributed by atoms with E-state index in [4.69, 9.17) is 15.3 Å². The van der Waals surface area contributed by atoms with Crippen LogP contribution < -0.4 is 21.5 Å². The predicted molar refractivity (Wildman–Crippen MR) is 82.4 cm³/mol. The number of nitrogens with two attached hydrogens (primary N) is 1. The number of hydrazine groups is 1. The van der Waals surface area contributed by atoms with E-state index in [1.165, 1.54) is 0 Å². The normalized spacial score (nSPS) is 12.0. The molecule has 4 N–H and O–H groups in total. The third kappa shape index (κ3) is 5.29. The first-order chi connectivity index (χ1) is 10.2. The highest BCUT2D eigenvalue weighted by Crippen LogP contribution is 2.12. The van der Waals surface area contributed by atoms with Crippen molar-refractivity contribution in [3.8, 4) is 0 Å². The molecule has 0 fully saturated rings. The fourth-order valence-electron chi connectivity index (χ4n) is 1.76. The summed E-state index contributed by atoms with van der Waals surface area (Å²) in [6, 6.07) is 0. The van der Waals surface area contributed by atoms with Crippen LogP contribution >= 0.6 is 0 Å². The number of methoxy groups -OCH3 is 2. The molecule has 0 saturated heterocycles. The van der Waals surface area contributed by atoms with E-state index in [0.29, 0.717) is 31.0 Å². The van der Waals surface area contributed by atoms with E-state index in [0.717, 1.165) is 13.1 Å². The minimum atomic E-state index is -0.0852. The Kier molecular flexibility index (Phi) is 7.65. The van der Waals surface area contributed by atoms with Crippen LogP contribution in [-0.4, -0.2) is 61.5 Å². The number of nitrogens with zero attached hydrogens (tertiary/aromatic N) is 4. The van der Waals surface area contributed by atoms with E-state index in [1.807, 2.05) is 18.7 Å². The Hall–Kier alpha value is -1.71. The number of hydrogen-bond donors (Lipinski definition) is 3. The van der Waals surface area contributed by atoms with E-state index in [9.17, 15) is 0 Å². The first-order valence-corrected chi connectivity index (χ1v) is 6.91. The Morgan fingerprint density at radius 1 is 1.14 bits per heavy atom. The molecule has 0 aromatic carbocycles. The monoisotopic (exact) mass is 299 g/mol. The van der Waals surface area contributed by atoms with Gasteiger partial charge >= 0.3 is 0 Å². The molecule has 0 saturated carbocycles. The molecule has 9 nitrogen and oxygen atoms in total. The summed E-state index contributed by atoms with van der Waals surface area (Å²) in [4.78, 5) is 14.8. The molecule has 120 valence electrons. The van der Waals surface area contributed by atoms with Gasteiger partial charge in [0, 0.05) is 33.9 Å². The van der Waals surface area contributed by atoms with Crippen LogP contribution in [0.1, 0.15) is 13.8 Å². The Morgan fingerprint density at radius 2 is 1.81 bits per heavy atom. The van der Waals surface area contributed by atoms with Crippen molar-refractivity contribution < 1.29 is 9.47 Å². The molecule has 21 heavy (non-hydrogen) atoms. The maximum Gasteiger partial charge on any atom is 0.243 e. The molecule has 1 aromatic rings. The molecular formula is C12H25N7O2. The Morgan fingerprint density at radius 3 is 2.33 bits per heavy atom. The molecule has 1 aromatic heterocycles. The van der Waals surface area contributed by atoms with Crippen LogP contribution in [0.25, 0.3) is 0 Å². The van der Waals surface area contributed by atoms with Gasteiger partial charge in [-0.25, -0.2) is 5.84 Å². The summed E-state index contributed by atoms with van der Waals surface area (Å²) in [7, 11) is 3.26. The van der Waals surface area contributed by atoms with Gasteiger partial charge in [-0.05, 0) is 13.8 Å². The Bertz CT molecular complexity index is 415. The lowest BCUT2D eigenvalue weighted by Gasteiger charge is -2.20. The molecule has 1 rings (SSSR count). The predicted octanol–water partition coefficient (Wildman–Crippen LogP) is 0.0767. The number of nitrogen functional groups attached to an aromatic ring is 1. The summed E-state index contributed by atoms with van der Waals surface area (Å²) in [5.41, 5.74) is 2.45. The van der Waals surface area contributed by atoms with Crippen molar-refractivity contribution in [3.63, 3.8) is 0 Å². The van der Waals surface area contributed by atoms with Gasteiger partial charge in [0.1, 0.15) is 0 Å². The van der Waals surface area contributed by atoms with Crippen molar-refractivity contribution in [3.05, 3.63) is 0 Å². The van der Waals surface area contributed by atoms with Crippen LogP contribution in [0.2, 0.25) is 0 Å². The number of aromatic nitrogens is 3. The van der Waals surface area contributed by atoms with Crippen molar-refractivity contribution >= 4 is 17.8 Å². The van der Waals surface area contributed by atoms with E-state index in [-0.39, 0.29) is 6.10 Å². The van der Waals surface area contributed by atoms with E-state index in [2.05, 4.69) is 25.7 Å². The zero-order chi connectivity index (χ0) is 15.7. The molecular weight excluding hydrogens is 274 g/mol. The maximum absolute atomic E-state index is 5.41. The van der Waals surface area contributed by atoms with Crippen LogP contribution in [0.15, 0.2) is 0 Å². The molecule has 0 radical (unpaired) electrons. The van der Waals surface area contributed by atoms with Crippen LogP contribution in [0, 0.1) is 0 Å². The van der Waals surface area contributed by atoms with Gasteiger partial charge < -0.3 is 19.7 Å². The van der Waals surface area contributed by atoms with E-state index < -0.39 is 0 Å².